The predicted molar refractivity (Wildman–Crippen MR) is 73.6 cm³/mol. The largest absolute Gasteiger partial charge is 0.282 e. The third kappa shape index (κ3) is 2.46. The van der Waals surface area contributed by atoms with Gasteiger partial charge < -0.3 is 0 Å². The maximum absolute atomic E-state index is 12.6. The van der Waals surface area contributed by atoms with Gasteiger partial charge in [0, 0.05) is 43.3 Å². The zero-order chi connectivity index (χ0) is 14.0. The molecule has 3 rings (SSSR count). The number of H-pyrrole nitrogens is 1. The molecule has 7 heteroatoms. The second-order valence-electron chi connectivity index (χ2n) is 4.90. The van der Waals surface area contributed by atoms with E-state index in [-0.39, 0.29) is 10.8 Å². The summed E-state index contributed by atoms with van der Waals surface area (Å²) in [4.78, 5) is 4.15. The molecule has 20 heavy (non-hydrogen) atoms. The number of hydrogen-bond acceptors (Lipinski definition) is 4. The number of aromatic amines is 1. The van der Waals surface area contributed by atoms with Gasteiger partial charge in [0.05, 0.1) is 0 Å². The van der Waals surface area contributed by atoms with Gasteiger partial charge in [-0.25, -0.2) is 8.42 Å². The van der Waals surface area contributed by atoms with E-state index in [0.717, 1.165) is 18.5 Å². The standard InChI is InChI=1S/C13H16N4O2S/c18-20(19,12-4-1-6-14-9-12)17-8-2-3-11(10-17)13-5-7-15-16-13/h1,4-7,9,11H,2-3,8,10H2,(H,15,16). The summed E-state index contributed by atoms with van der Waals surface area (Å²) in [5.74, 6) is 0.178. The van der Waals surface area contributed by atoms with Crippen LogP contribution < -0.4 is 0 Å². The molecular formula is C13H16N4O2S. The summed E-state index contributed by atoms with van der Waals surface area (Å²) in [5, 5.41) is 6.87. The van der Waals surface area contributed by atoms with E-state index < -0.39 is 10.0 Å². The van der Waals surface area contributed by atoms with Gasteiger partial charge in [-0.2, -0.15) is 9.40 Å². The molecule has 2 aromatic rings. The van der Waals surface area contributed by atoms with Crippen molar-refractivity contribution in [2.24, 2.45) is 0 Å². The molecule has 0 radical (unpaired) electrons. The van der Waals surface area contributed by atoms with Crippen LogP contribution >= 0.6 is 0 Å². The zero-order valence-corrected chi connectivity index (χ0v) is 11.8. The minimum absolute atomic E-state index is 0.178. The van der Waals surface area contributed by atoms with Gasteiger partial charge in [0.15, 0.2) is 0 Å². The van der Waals surface area contributed by atoms with Crippen molar-refractivity contribution in [3.05, 3.63) is 42.5 Å². The maximum Gasteiger partial charge on any atom is 0.244 e. The molecule has 6 nitrogen and oxygen atoms in total. The molecule has 0 bridgehead atoms. The summed E-state index contributed by atoms with van der Waals surface area (Å²) in [6.45, 7) is 1.04. The SMILES string of the molecule is O=S(=O)(c1cccnc1)N1CCCC(c2ccn[nH]2)C1. The summed E-state index contributed by atoms with van der Waals surface area (Å²) in [6, 6.07) is 5.14. The van der Waals surface area contributed by atoms with Crippen molar-refractivity contribution in [1.82, 2.24) is 19.5 Å². The molecule has 1 saturated heterocycles. The molecule has 1 aliphatic rings. The first-order chi connectivity index (χ1) is 9.68. The van der Waals surface area contributed by atoms with E-state index in [1.54, 1.807) is 28.8 Å². The smallest absolute Gasteiger partial charge is 0.244 e. The fourth-order valence-corrected chi connectivity index (χ4v) is 4.05. The average Bonchev–Trinajstić information content (AvgIpc) is 3.03. The lowest BCUT2D eigenvalue weighted by Gasteiger charge is -2.31. The van der Waals surface area contributed by atoms with Crippen LogP contribution in [0.25, 0.3) is 0 Å². The van der Waals surface area contributed by atoms with Crippen molar-refractivity contribution >= 4 is 10.0 Å². The first-order valence-electron chi connectivity index (χ1n) is 6.57. The molecule has 0 saturated carbocycles. The quantitative estimate of drug-likeness (QED) is 0.926. The van der Waals surface area contributed by atoms with E-state index in [2.05, 4.69) is 15.2 Å². The second-order valence-corrected chi connectivity index (χ2v) is 6.84. The molecule has 3 heterocycles. The van der Waals surface area contributed by atoms with Crippen LogP contribution in [0.2, 0.25) is 0 Å². The Balaban J connectivity index is 1.84. The Kier molecular flexibility index (Phi) is 3.54. The summed E-state index contributed by atoms with van der Waals surface area (Å²) < 4.78 is 26.7. The van der Waals surface area contributed by atoms with Gasteiger partial charge in [0.1, 0.15) is 4.90 Å². The number of aromatic nitrogens is 3. The van der Waals surface area contributed by atoms with Gasteiger partial charge in [-0.15, -0.1) is 0 Å². The molecule has 1 fully saturated rings. The van der Waals surface area contributed by atoms with E-state index in [4.69, 9.17) is 0 Å². The lowest BCUT2D eigenvalue weighted by Crippen LogP contribution is -2.39. The summed E-state index contributed by atoms with van der Waals surface area (Å²) >= 11 is 0. The van der Waals surface area contributed by atoms with Crippen molar-refractivity contribution in [2.45, 2.75) is 23.7 Å². The fraction of sp³-hybridized carbons (Fsp3) is 0.385. The van der Waals surface area contributed by atoms with Gasteiger partial charge in [-0.05, 0) is 31.0 Å². The molecule has 106 valence electrons. The van der Waals surface area contributed by atoms with Crippen LogP contribution in [0.1, 0.15) is 24.5 Å². The van der Waals surface area contributed by atoms with Crippen LogP contribution in [0.3, 0.4) is 0 Å². The molecule has 1 atom stereocenters. The van der Waals surface area contributed by atoms with E-state index in [9.17, 15) is 8.42 Å². The normalized spacial score (nSPS) is 20.9. The minimum Gasteiger partial charge on any atom is -0.282 e. The highest BCUT2D eigenvalue weighted by atomic mass is 32.2. The lowest BCUT2D eigenvalue weighted by atomic mass is 9.96. The Morgan fingerprint density at radius 2 is 2.20 bits per heavy atom. The first-order valence-corrected chi connectivity index (χ1v) is 8.01. The Hall–Kier alpha value is -1.73. The highest BCUT2D eigenvalue weighted by Crippen LogP contribution is 2.28. The molecule has 2 aromatic heterocycles. The number of sulfonamides is 1. The van der Waals surface area contributed by atoms with Crippen molar-refractivity contribution in [3.8, 4) is 0 Å². The Morgan fingerprint density at radius 1 is 1.30 bits per heavy atom. The highest BCUT2D eigenvalue weighted by molar-refractivity contribution is 7.89. The molecule has 1 N–H and O–H groups in total. The molecule has 0 aromatic carbocycles. The van der Waals surface area contributed by atoms with Crippen LogP contribution in [0.15, 0.2) is 41.7 Å². The summed E-state index contributed by atoms with van der Waals surface area (Å²) in [7, 11) is -3.45. The topological polar surface area (TPSA) is 79.0 Å². The van der Waals surface area contributed by atoms with Crippen molar-refractivity contribution in [1.29, 1.82) is 0 Å². The zero-order valence-electron chi connectivity index (χ0n) is 10.9. The summed E-state index contributed by atoms with van der Waals surface area (Å²) in [5.41, 5.74) is 0.996. The van der Waals surface area contributed by atoms with E-state index in [0.29, 0.717) is 13.1 Å². The highest BCUT2D eigenvalue weighted by Gasteiger charge is 2.31. The summed E-state index contributed by atoms with van der Waals surface area (Å²) in [6.07, 6.45) is 6.49. The second kappa shape index (κ2) is 5.34. The van der Waals surface area contributed by atoms with Gasteiger partial charge in [0.25, 0.3) is 0 Å². The van der Waals surface area contributed by atoms with Crippen molar-refractivity contribution in [3.63, 3.8) is 0 Å². The third-order valence-corrected chi connectivity index (χ3v) is 5.47. The molecule has 1 aliphatic heterocycles. The van der Waals surface area contributed by atoms with Crippen LogP contribution in [0.4, 0.5) is 0 Å². The Labute approximate surface area is 117 Å². The van der Waals surface area contributed by atoms with Crippen LogP contribution in [0, 0.1) is 0 Å². The lowest BCUT2D eigenvalue weighted by molar-refractivity contribution is 0.312. The molecule has 1 unspecified atom stereocenters. The minimum atomic E-state index is -3.45. The molecule has 0 spiro atoms. The molecular weight excluding hydrogens is 276 g/mol. The maximum atomic E-state index is 12.6. The van der Waals surface area contributed by atoms with E-state index in [1.807, 2.05) is 6.07 Å². The van der Waals surface area contributed by atoms with Gasteiger partial charge >= 0.3 is 0 Å². The predicted octanol–water partition coefficient (Wildman–Crippen LogP) is 1.37. The van der Waals surface area contributed by atoms with Gasteiger partial charge in [0.2, 0.25) is 10.0 Å². The monoisotopic (exact) mass is 292 g/mol. The van der Waals surface area contributed by atoms with Crippen molar-refractivity contribution in [2.75, 3.05) is 13.1 Å². The number of nitrogens with zero attached hydrogens (tertiary/aromatic N) is 3. The van der Waals surface area contributed by atoms with Gasteiger partial charge in [-0.1, -0.05) is 0 Å². The number of rotatable bonds is 3. The third-order valence-electron chi connectivity index (χ3n) is 3.62. The molecule has 0 aliphatic carbocycles. The Bertz CT molecular complexity index is 655. The Morgan fingerprint density at radius 3 is 2.90 bits per heavy atom. The van der Waals surface area contributed by atoms with Gasteiger partial charge in [-0.3, -0.25) is 10.1 Å². The number of hydrogen-bond donors (Lipinski definition) is 1. The number of nitrogens with one attached hydrogen (secondary N) is 1. The number of pyridine rings is 1. The fourth-order valence-electron chi connectivity index (χ4n) is 2.56. The number of piperidine rings is 1. The van der Waals surface area contributed by atoms with Crippen LogP contribution in [-0.2, 0) is 10.0 Å². The van der Waals surface area contributed by atoms with E-state index in [1.165, 1.54) is 6.20 Å². The van der Waals surface area contributed by atoms with Crippen LogP contribution in [0.5, 0.6) is 0 Å². The van der Waals surface area contributed by atoms with Crippen LogP contribution in [-0.4, -0.2) is 41.0 Å². The first kappa shape index (κ1) is 13.3. The average molecular weight is 292 g/mol. The van der Waals surface area contributed by atoms with Crippen molar-refractivity contribution < 1.29 is 8.42 Å². The molecule has 0 amide bonds. The van der Waals surface area contributed by atoms with E-state index >= 15 is 0 Å².